The predicted molar refractivity (Wildman–Crippen MR) is 108 cm³/mol. The zero-order valence-electron chi connectivity index (χ0n) is 16.4. The van der Waals surface area contributed by atoms with E-state index in [-0.39, 0.29) is 11.2 Å². The number of hydrogen-bond acceptors (Lipinski definition) is 5. The first-order valence-corrected chi connectivity index (χ1v) is 10.3. The van der Waals surface area contributed by atoms with Crippen LogP contribution >= 0.6 is 11.8 Å². The third-order valence-corrected chi connectivity index (χ3v) is 5.71. The highest BCUT2D eigenvalue weighted by atomic mass is 32.2. The number of imidazole rings is 1. The molecule has 0 aliphatic carbocycles. The number of nitrogens with zero attached hydrogens (tertiary/aromatic N) is 2. The van der Waals surface area contributed by atoms with Gasteiger partial charge in [-0.05, 0) is 39.3 Å². The number of ether oxygens (including phenoxy) is 2. The number of anilines is 1. The van der Waals surface area contributed by atoms with Crippen molar-refractivity contribution >= 4 is 23.4 Å². The maximum absolute atomic E-state index is 12.7. The van der Waals surface area contributed by atoms with Crippen LogP contribution in [0.25, 0.3) is 0 Å². The molecule has 1 aromatic carbocycles. The summed E-state index contributed by atoms with van der Waals surface area (Å²) >= 11 is 1.50. The van der Waals surface area contributed by atoms with E-state index in [0.29, 0.717) is 30.4 Å². The van der Waals surface area contributed by atoms with E-state index < -0.39 is 0 Å². The molecule has 0 saturated carbocycles. The first-order chi connectivity index (χ1) is 13.0. The number of carbonyl (C=O) groups is 1. The number of nitrogens with one attached hydrogen (secondary N) is 1. The van der Waals surface area contributed by atoms with Crippen molar-refractivity contribution in [1.29, 1.82) is 0 Å². The number of aryl methyl sites for hydroxylation is 1. The zero-order chi connectivity index (χ0) is 19.4. The summed E-state index contributed by atoms with van der Waals surface area (Å²) in [5.41, 5.74) is 2.90. The topological polar surface area (TPSA) is 65.4 Å². The predicted octanol–water partition coefficient (Wildman–Crippen LogP) is 4.19. The van der Waals surface area contributed by atoms with E-state index in [1.165, 1.54) is 17.5 Å². The fraction of sp³-hybridized carbons (Fsp3) is 0.500. The van der Waals surface area contributed by atoms with E-state index in [1.54, 1.807) is 6.07 Å². The molecule has 6 nitrogen and oxygen atoms in total. The van der Waals surface area contributed by atoms with Gasteiger partial charge >= 0.3 is 0 Å². The van der Waals surface area contributed by atoms with Crippen molar-refractivity contribution in [3.05, 3.63) is 29.6 Å². The van der Waals surface area contributed by atoms with Gasteiger partial charge < -0.3 is 19.4 Å². The molecule has 1 aromatic heterocycles. The molecule has 0 radical (unpaired) electrons. The quantitative estimate of drug-likeness (QED) is 0.719. The second-order valence-corrected chi connectivity index (χ2v) is 7.99. The third kappa shape index (κ3) is 4.58. The largest absolute Gasteiger partial charge is 0.486 e. The Kier molecular flexibility index (Phi) is 6.31. The van der Waals surface area contributed by atoms with Crippen LogP contribution in [0.4, 0.5) is 5.69 Å². The Morgan fingerprint density at radius 1 is 1.30 bits per heavy atom. The van der Waals surface area contributed by atoms with Crippen LogP contribution in [-0.4, -0.2) is 33.9 Å². The minimum absolute atomic E-state index is 0.0583. The molecule has 1 unspecified atom stereocenters. The molecular formula is C20H27N3O3S. The Balaban J connectivity index is 1.67. The lowest BCUT2D eigenvalue weighted by atomic mass is 10.2. The van der Waals surface area contributed by atoms with Gasteiger partial charge in [0.15, 0.2) is 16.7 Å². The molecule has 0 bridgehead atoms. The van der Waals surface area contributed by atoms with Gasteiger partial charge in [0.1, 0.15) is 13.2 Å². The van der Waals surface area contributed by atoms with Crippen LogP contribution in [0.2, 0.25) is 0 Å². The SMILES string of the molecule is CCCCn1c(SC(C)C(=O)Nc2ccc3c(c2)OCCO3)nc(C)c1C. The first kappa shape index (κ1) is 19.6. The molecule has 2 aromatic rings. The van der Waals surface area contributed by atoms with E-state index >= 15 is 0 Å². The monoisotopic (exact) mass is 389 g/mol. The first-order valence-electron chi connectivity index (χ1n) is 9.40. The molecule has 3 rings (SSSR count). The number of amides is 1. The molecule has 146 valence electrons. The van der Waals surface area contributed by atoms with Gasteiger partial charge in [0, 0.05) is 24.0 Å². The Bertz CT molecular complexity index is 819. The highest BCUT2D eigenvalue weighted by Gasteiger charge is 2.20. The Morgan fingerprint density at radius 3 is 2.78 bits per heavy atom. The summed E-state index contributed by atoms with van der Waals surface area (Å²) in [6.45, 7) is 10.2. The molecule has 0 fully saturated rings. The molecule has 1 N–H and O–H groups in total. The number of hydrogen-bond donors (Lipinski definition) is 1. The van der Waals surface area contributed by atoms with Gasteiger partial charge in [0.25, 0.3) is 0 Å². The minimum Gasteiger partial charge on any atom is -0.486 e. The number of fused-ring (bicyclic) bond motifs is 1. The summed E-state index contributed by atoms with van der Waals surface area (Å²) in [7, 11) is 0. The van der Waals surface area contributed by atoms with E-state index in [1.807, 2.05) is 26.0 Å². The molecule has 1 aliphatic heterocycles. The zero-order valence-corrected chi connectivity index (χ0v) is 17.2. The standard InChI is InChI=1S/C20H27N3O3S/c1-5-6-9-23-14(3)13(2)21-20(23)27-15(4)19(24)22-16-7-8-17-18(12-16)26-11-10-25-17/h7-8,12,15H,5-6,9-11H2,1-4H3,(H,22,24). The van der Waals surface area contributed by atoms with E-state index in [4.69, 9.17) is 9.47 Å². The molecule has 0 saturated heterocycles. The molecule has 1 amide bonds. The lowest BCUT2D eigenvalue weighted by Gasteiger charge is -2.19. The lowest BCUT2D eigenvalue weighted by Crippen LogP contribution is -2.23. The Morgan fingerprint density at radius 2 is 2.04 bits per heavy atom. The number of unbranched alkanes of at least 4 members (excludes halogenated alkanes) is 1. The van der Waals surface area contributed by atoms with Crippen molar-refractivity contribution in [3.63, 3.8) is 0 Å². The summed E-state index contributed by atoms with van der Waals surface area (Å²) in [6.07, 6.45) is 2.23. The summed E-state index contributed by atoms with van der Waals surface area (Å²) in [4.78, 5) is 17.3. The molecule has 7 heteroatoms. The van der Waals surface area contributed by atoms with Gasteiger partial charge in [0.2, 0.25) is 5.91 Å². The molecule has 1 atom stereocenters. The van der Waals surface area contributed by atoms with Crippen LogP contribution in [0.3, 0.4) is 0 Å². The highest BCUT2D eigenvalue weighted by Crippen LogP contribution is 2.33. The van der Waals surface area contributed by atoms with Gasteiger partial charge in [0.05, 0.1) is 10.9 Å². The van der Waals surface area contributed by atoms with Crippen molar-refractivity contribution in [3.8, 4) is 11.5 Å². The Labute approximate surface area is 164 Å². The number of rotatable bonds is 7. The lowest BCUT2D eigenvalue weighted by molar-refractivity contribution is -0.115. The van der Waals surface area contributed by atoms with Gasteiger partial charge in [-0.15, -0.1) is 0 Å². The van der Waals surface area contributed by atoms with Crippen LogP contribution < -0.4 is 14.8 Å². The second kappa shape index (κ2) is 8.69. The second-order valence-electron chi connectivity index (χ2n) is 6.68. The van der Waals surface area contributed by atoms with E-state index in [0.717, 1.165) is 30.2 Å². The van der Waals surface area contributed by atoms with E-state index in [9.17, 15) is 4.79 Å². The van der Waals surface area contributed by atoms with Crippen LogP contribution in [0, 0.1) is 13.8 Å². The maximum atomic E-state index is 12.7. The van der Waals surface area contributed by atoms with Crippen molar-refractivity contribution in [1.82, 2.24) is 9.55 Å². The molecule has 1 aliphatic rings. The molecular weight excluding hydrogens is 362 g/mol. The minimum atomic E-state index is -0.264. The van der Waals surface area contributed by atoms with Crippen LogP contribution in [0.5, 0.6) is 11.5 Å². The molecule has 0 spiro atoms. The van der Waals surface area contributed by atoms with Gasteiger partial charge in [-0.3, -0.25) is 4.79 Å². The number of benzene rings is 1. The van der Waals surface area contributed by atoms with Gasteiger partial charge in [-0.1, -0.05) is 25.1 Å². The van der Waals surface area contributed by atoms with E-state index in [2.05, 4.69) is 28.7 Å². The van der Waals surface area contributed by atoms with Crippen molar-refractivity contribution in [2.75, 3.05) is 18.5 Å². The number of aromatic nitrogens is 2. The average Bonchev–Trinajstić information content (AvgIpc) is 2.93. The fourth-order valence-electron chi connectivity index (χ4n) is 2.87. The highest BCUT2D eigenvalue weighted by molar-refractivity contribution is 8.00. The molecule has 27 heavy (non-hydrogen) atoms. The average molecular weight is 390 g/mol. The van der Waals surface area contributed by atoms with Gasteiger partial charge in [-0.25, -0.2) is 4.98 Å². The summed E-state index contributed by atoms with van der Waals surface area (Å²) in [5, 5.41) is 3.61. The van der Waals surface area contributed by atoms with Crippen molar-refractivity contribution in [2.24, 2.45) is 0 Å². The van der Waals surface area contributed by atoms with Crippen LogP contribution in [-0.2, 0) is 11.3 Å². The van der Waals surface area contributed by atoms with Crippen molar-refractivity contribution < 1.29 is 14.3 Å². The van der Waals surface area contributed by atoms with Crippen LogP contribution in [0.15, 0.2) is 23.4 Å². The molecule has 2 heterocycles. The maximum Gasteiger partial charge on any atom is 0.237 e. The summed E-state index contributed by atoms with van der Waals surface area (Å²) in [6, 6.07) is 5.46. The smallest absolute Gasteiger partial charge is 0.237 e. The Hall–Kier alpha value is -2.15. The number of carbonyl (C=O) groups excluding carboxylic acids is 1. The summed E-state index contributed by atoms with van der Waals surface area (Å²) < 4.78 is 13.3. The number of thioether (sulfide) groups is 1. The summed E-state index contributed by atoms with van der Waals surface area (Å²) in [5.74, 6) is 1.32. The fourth-order valence-corrected chi connectivity index (χ4v) is 3.90. The van der Waals surface area contributed by atoms with Crippen LogP contribution in [0.1, 0.15) is 38.1 Å². The van der Waals surface area contributed by atoms with Gasteiger partial charge in [-0.2, -0.15) is 0 Å². The van der Waals surface area contributed by atoms with Crippen molar-refractivity contribution in [2.45, 2.75) is 57.5 Å². The normalized spacial score (nSPS) is 14.1. The third-order valence-electron chi connectivity index (χ3n) is 4.62.